The molecule has 0 saturated carbocycles. The highest BCUT2D eigenvalue weighted by atomic mass is 16.7. The highest BCUT2D eigenvalue weighted by Crippen LogP contribution is 2.18. The fourth-order valence-corrected chi connectivity index (χ4v) is 1.54. The van der Waals surface area contributed by atoms with Gasteiger partial charge in [0.1, 0.15) is 7.11 Å². The second-order valence-corrected chi connectivity index (χ2v) is 2.89. The van der Waals surface area contributed by atoms with Gasteiger partial charge in [0.25, 0.3) is 0 Å². The van der Waals surface area contributed by atoms with Crippen molar-refractivity contribution in [1.29, 1.82) is 0 Å². The maximum Gasteiger partial charge on any atom is 0.106 e. The summed E-state index contributed by atoms with van der Waals surface area (Å²) in [5.74, 6) is 0. The minimum absolute atomic E-state index is 1.12. The Bertz CT molecular complexity index is 231. The van der Waals surface area contributed by atoms with Crippen LogP contribution in [0.5, 0.6) is 0 Å². The molecule has 3 heteroatoms. The molecule has 0 saturated heterocycles. The van der Waals surface area contributed by atoms with E-state index < -0.39 is 0 Å². The maximum atomic E-state index is 4.97. The van der Waals surface area contributed by atoms with Gasteiger partial charge >= 0.3 is 0 Å². The van der Waals surface area contributed by atoms with Crippen molar-refractivity contribution in [3.63, 3.8) is 0 Å². The minimum Gasteiger partial charge on any atom is -0.400 e. The predicted octanol–water partition coefficient (Wildman–Crippen LogP) is 0.820. The van der Waals surface area contributed by atoms with E-state index in [1.54, 1.807) is 12.0 Å². The van der Waals surface area contributed by atoms with Gasteiger partial charge in [-0.1, -0.05) is 0 Å². The van der Waals surface area contributed by atoms with Crippen LogP contribution in [0, 0.1) is 0 Å². The third-order valence-electron chi connectivity index (χ3n) is 2.15. The largest absolute Gasteiger partial charge is 0.400 e. The number of hydrogen-bond acceptors (Lipinski definition) is 2. The van der Waals surface area contributed by atoms with Gasteiger partial charge in [-0.25, -0.2) is 0 Å². The minimum atomic E-state index is 1.12. The van der Waals surface area contributed by atoms with Crippen LogP contribution in [0.15, 0.2) is 6.20 Å². The van der Waals surface area contributed by atoms with Gasteiger partial charge in [0.15, 0.2) is 0 Å². The van der Waals surface area contributed by atoms with E-state index in [1.807, 2.05) is 6.20 Å². The summed E-state index contributed by atoms with van der Waals surface area (Å²) < 4.78 is 0. The fourth-order valence-electron chi connectivity index (χ4n) is 1.54. The van der Waals surface area contributed by atoms with E-state index in [-0.39, 0.29) is 0 Å². The Balaban J connectivity index is 2.32. The molecule has 0 atom stereocenters. The first-order valence-corrected chi connectivity index (χ1v) is 4.02. The van der Waals surface area contributed by atoms with Gasteiger partial charge in [0.05, 0.1) is 11.9 Å². The normalized spacial score (nSPS) is 16.1. The molecule has 60 valence electrons. The Morgan fingerprint density at radius 1 is 1.45 bits per heavy atom. The van der Waals surface area contributed by atoms with Crippen LogP contribution in [0.1, 0.15) is 24.1 Å². The molecule has 1 aromatic heterocycles. The quantitative estimate of drug-likeness (QED) is 0.595. The van der Waals surface area contributed by atoms with Gasteiger partial charge in [-0.3, -0.25) is 0 Å². The summed E-state index contributed by atoms with van der Waals surface area (Å²) in [4.78, 5) is 6.52. The molecule has 0 bridgehead atoms. The van der Waals surface area contributed by atoms with Crippen LogP contribution in [0.25, 0.3) is 0 Å². The summed E-state index contributed by atoms with van der Waals surface area (Å²) >= 11 is 0. The molecule has 0 aliphatic heterocycles. The van der Waals surface area contributed by atoms with Gasteiger partial charge < -0.3 is 4.84 Å². The summed E-state index contributed by atoms with van der Waals surface area (Å²) in [5, 5.41) is 4.26. The lowest BCUT2D eigenvalue weighted by Gasteiger charge is -2.06. The van der Waals surface area contributed by atoms with E-state index in [4.69, 9.17) is 4.84 Å². The van der Waals surface area contributed by atoms with Crippen LogP contribution < -0.4 is 4.84 Å². The Morgan fingerprint density at radius 2 is 2.27 bits per heavy atom. The fraction of sp³-hybridized carbons (Fsp3) is 0.625. The van der Waals surface area contributed by atoms with Crippen molar-refractivity contribution in [2.75, 3.05) is 7.11 Å². The van der Waals surface area contributed by atoms with Crippen molar-refractivity contribution >= 4 is 0 Å². The van der Waals surface area contributed by atoms with Gasteiger partial charge in [-0.2, -0.15) is 0 Å². The molecule has 3 nitrogen and oxygen atoms in total. The lowest BCUT2D eigenvalue weighted by atomic mass is 9.99. The maximum absolute atomic E-state index is 4.97. The highest BCUT2D eigenvalue weighted by Gasteiger charge is 2.12. The molecule has 0 N–H and O–H groups in total. The molecule has 11 heavy (non-hydrogen) atoms. The van der Waals surface area contributed by atoms with E-state index in [0.29, 0.717) is 0 Å². The Hall–Kier alpha value is -0.990. The third kappa shape index (κ3) is 1.11. The number of aromatic nitrogens is 2. The smallest absolute Gasteiger partial charge is 0.106 e. The second kappa shape index (κ2) is 2.57. The molecule has 0 spiro atoms. The first kappa shape index (κ1) is 6.70. The average molecular weight is 152 g/mol. The molecule has 1 aliphatic rings. The van der Waals surface area contributed by atoms with Crippen LogP contribution in [-0.4, -0.2) is 17.1 Å². The first-order chi connectivity index (χ1) is 5.40. The van der Waals surface area contributed by atoms with Crippen LogP contribution in [0.2, 0.25) is 0 Å². The molecular weight excluding hydrogens is 140 g/mol. The number of fused-ring (bicyclic) bond motifs is 1. The number of aryl methyl sites for hydroxylation is 2. The van der Waals surface area contributed by atoms with Gasteiger partial charge in [0, 0.05) is 0 Å². The monoisotopic (exact) mass is 152 g/mol. The van der Waals surface area contributed by atoms with E-state index in [2.05, 4.69) is 5.10 Å². The molecule has 0 aromatic carbocycles. The lowest BCUT2D eigenvalue weighted by Crippen LogP contribution is -2.06. The van der Waals surface area contributed by atoms with E-state index in [0.717, 1.165) is 6.42 Å². The molecule has 0 fully saturated rings. The molecule has 1 heterocycles. The zero-order chi connectivity index (χ0) is 7.68. The van der Waals surface area contributed by atoms with Crippen molar-refractivity contribution in [1.82, 2.24) is 9.94 Å². The van der Waals surface area contributed by atoms with Gasteiger partial charge in [-0.05, 0) is 31.2 Å². The average Bonchev–Trinajstić information content (AvgIpc) is 2.46. The summed E-state index contributed by atoms with van der Waals surface area (Å²) in [6, 6.07) is 0. The number of hydrogen-bond donors (Lipinski definition) is 0. The second-order valence-electron chi connectivity index (χ2n) is 2.89. The molecular formula is C8H12N2O. The molecule has 1 aliphatic carbocycles. The van der Waals surface area contributed by atoms with Crippen LogP contribution in [0.3, 0.4) is 0 Å². The van der Waals surface area contributed by atoms with Crippen LogP contribution >= 0.6 is 0 Å². The number of nitrogens with zero attached hydrogens (tertiary/aromatic N) is 2. The molecule has 0 amide bonds. The first-order valence-electron chi connectivity index (χ1n) is 4.02. The molecule has 1 aromatic rings. The molecule has 0 unspecified atom stereocenters. The van der Waals surface area contributed by atoms with Crippen LogP contribution in [-0.2, 0) is 12.8 Å². The van der Waals surface area contributed by atoms with Crippen molar-refractivity contribution in [3.05, 3.63) is 17.5 Å². The third-order valence-corrected chi connectivity index (χ3v) is 2.15. The zero-order valence-corrected chi connectivity index (χ0v) is 6.71. The van der Waals surface area contributed by atoms with E-state index >= 15 is 0 Å². The van der Waals surface area contributed by atoms with Crippen molar-refractivity contribution in [3.8, 4) is 0 Å². The Morgan fingerprint density at radius 3 is 3.00 bits per heavy atom. The van der Waals surface area contributed by atoms with Gasteiger partial charge in [0.2, 0.25) is 0 Å². The number of rotatable bonds is 1. The SMILES string of the molecule is COn1cc2c(n1)CCCC2. The zero-order valence-electron chi connectivity index (χ0n) is 6.71. The van der Waals surface area contributed by atoms with E-state index in [9.17, 15) is 0 Å². The lowest BCUT2D eigenvalue weighted by molar-refractivity contribution is 0.133. The topological polar surface area (TPSA) is 27.1 Å². The van der Waals surface area contributed by atoms with Crippen molar-refractivity contribution < 1.29 is 4.84 Å². The summed E-state index contributed by atoms with van der Waals surface area (Å²) in [6.07, 6.45) is 6.83. The summed E-state index contributed by atoms with van der Waals surface area (Å²) in [5.41, 5.74) is 2.58. The van der Waals surface area contributed by atoms with Crippen LogP contribution in [0.4, 0.5) is 0 Å². The highest BCUT2D eigenvalue weighted by molar-refractivity contribution is 5.19. The van der Waals surface area contributed by atoms with Crippen molar-refractivity contribution in [2.24, 2.45) is 0 Å². The summed E-state index contributed by atoms with van der Waals surface area (Å²) in [7, 11) is 1.64. The molecule has 2 rings (SSSR count). The van der Waals surface area contributed by atoms with Gasteiger partial charge in [-0.15, -0.1) is 9.94 Å². The molecule has 0 radical (unpaired) electrons. The Kier molecular flexibility index (Phi) is 1.56. The van der Waals surface area contributed by atoms with E-state index in [1.165, 1.54) is 30.5 Å². The Labute approximate surface area is 65.9 Å². The summed E-state index contributed by atoms with van der Waals surface area (Å²) in [6.45, 7) is 0. The van der Waals surface area contributed by atoms with Crippen molar-refractivity contribution in [2.45, 2.75) is 25.7 Å². The predicted molar refractivity (Wildman–Crippen MR) is 41.4 cm³/mol. The standard InChI is InChI=1S/C8H12N2O/c1-11-10-6-7-4-2-3-5-8(7)9-10/h6H,2-5H2,1H3.